The van der Waals surface area contributed by atoms with Gasteiger partial charge in [0.05, 0.1) is 6.54 Å². The number of rotatable bonds is 5. The molecule has 1 aromatic carbocycles. The maximum Gasteiger partial charge on any atom is 0.320 e. The molecular formula is C13H15FN4O. The first-order valence-electron chi connectivity index (χ1n) is 6.29. The lowest BCUT2D eigenvalue weighted by Gasteiger charge is -2.03. The molecule has 19 heavy (non-hydrogen) atoms. The van der Waals surface area contributed by atoms with Crippen molar-refractivity contribution in [2.45, 2.75) is 32.4 Å². The number of hydrogen-bond donors (Lipinski definition) is 2. The van der Waals surface area contributed by atoms with E-state index in [9.17, 15) is 4.39 Å². The highest BCUT2D eigenvalue weighted by Crippen LogP contribution is 2.20. The van der Waals surface area contributed by atoms with Crippen molar-refractivity contribution in [3.8, 4) is 0 Å². The number of aromatic nitrogens is 2. The number of aryl methyl sites for hydroxylation is 1. The topological polar surface area (TPSA) is 63.0 Å². The van der Waals surface area contributed by atoms with E-state index < -0.39 is 0 Å². The molecule has 2 aromatic rings. The van der Waals surface area contributed by atoms with Gasteiger partial charge in [-0.2, -0.15) is 0 Å². The van der Waals surface area contributed by atoms with Gasteiger partial charge in [0.1, 0.15) is 5.82 Å². The van der Waals surface area contributed by atoms with Crippen molar-refractivity contribution >= 4 is 11.7 Å². The third-order valence-electron chi connectivity index (χ3n) is 3.00. The Morgan fingerprint density at radius 2 is 2.21 bits per heavy atom. The zero-order chi connectivity index (χ0) is 13.2. The van der Waals surface area contributed by atoms with E-state index in [1.165, 1.54) is 18.9 Å². The Bertz CT molecular complexity index is 580. The zero-order valence-electron chi connectivity index (χ0n) is 10.6. The third-order valence-corrected chi connectivity index (χ3v) is 3.00. The molecule has 1 fully saturated rings. The van der Waals surface area contributed by atoms with Crippen molar-refractivity contribution in [1.82, 2.24) is 15.5 Å². The Morgan fingerprint density at radius 3 is 2.95 bits per heavy atom. The van der Waals surface area contributed by atoms with E-state index in [-0.39, 0.29) is 5.82 Å². The predicted molar refractivity (Wildman–Crippen MR) is 68.6 cm³/mol. The fourth-order valence-electron chi connectivity index (χ4n) is 1.74. The Labute approximate surface area is 110 Å². The largest absolute Gasteiger partial charge is 0.406 e. The second kappa shape index (κ2) is 4.97. The number of benzene rings is 1. The van der Waals surface area contributed by atoms with E-state index in [1.54, 1.807) is 19.1 Å². The van der Waals surface area contributed by atoms with Crippen molar-refractivity contribution < 1.29 is 8.81 Å². The smallest absolute Gasteiger partial charge is 0.320 e. The van der Waals surface area contributed by atoms with Crippen LogP contribution >= 0.6 is 0 Å². The van der Waals surface area contributed by atoms with Crippen LogP contribution in [0.3, 0.4) is 0 Å². The Morgan fingerprint density at radius 1 is 1.37 bits per heavy atom. The number of nitrogens with one attached hydrogen (secondary N) is 2. The van der Waals surface area contributed by atoms with Crippen LogP contribution in [0.5, 0.6) is 0 Å². The van der Waals surface area contributed by atoms with Crippen LogP contribution in [0, 0.1) is 12.7 Å². The molecule has 1 aliphatic carbocycles. The molecule has 5 nitrogen and oxygen atoms in total. The van der Waals surface area contributed by atoms with E-state index in [1.807, 2.05) is 0 Å². The van der Waals surface area contributed by atoms with Crippen molar-refractivity contribution in [2.75, 3.05) is 5.32 Å². The first kappa shape index (κ1) is 12.1. The average molecular weight is 262 g/mol. The normalized spacial score (nSPS) is 14.6. The molecule has 0 unspecified atom stereocenters. The average Bonchev–Trinajstić information content (AvgIpc) is 3.12. The van der Waals surface area contributed by atoms with Gasteiger partial charge in [0.15, 0.2) is 0 Å². The highest BCUT2D eigenvalue weighted by atomic mass is 19.1. The molecule has 2 N–H and O–H groups in total. The van der Waals surface area contributed by atoms with Crippen LogP contribution in [0.2, 0.25) is 0 Å². The fourth-order valence-corrected chi connectivity index (χ4v) is 1.74. The minimum atomic E-state index is -0.231. The van der Waals surface area contributed by atoms with E-state index in [0.717, 1.165) is 5.69 Å². The summed E-state index contributed by atoms with van der Waals surface area (Å²) in [6.45, 7) is 2.29. The van der Waals surface area contributed by atoms with E-state index in [4.69, 9.17) is 4.42 Å². The van der Waals surface area contributed by atoms with E-state index in [2.05, 4.69) is 20.8 Å². The summed E-state index contributed by atoms with van der Waals surface area (Å²) in [6, 6.07) is 5.65. The second-order valence-electron chi connectivity index (χ2n) is 4.75. The van der Waals surface area contributed by atoms with E-state index >= 15 is 0 Å². The van der Waals surface area contributed by atoms with Gasteiger partial charge >= 0.3 is 6.01 Å². The number of hydrogen-bond acceptors (Lipinski definition) is 5. The molecule has 0 saturated heterocycles. The van der Waals surface area contributed by atoms with Crippen LogP contribution in [0.25, 0.3) is 0 Å². The molecule has 100 valence electrons. The first-order chi connectivity index (χ1) is 9.20. The summed E-state index contributed by atoms with van der Waals surface area (Å²) in [4.78, 5) is 0. The van der Waals surface area contributed by atoms with Crippen LogP contribution in [-0.4, -0.2) is 16.2 Å². The SMILES string of the molecule is Cc1cc(Nc2nnc(CNC3CC3)o2)ccc1F. The molecule has 1 aliphatic rings. The Kier molecular flexibility index (Phi) is 3.16. The van der Waals surface area contributed by atoms with Crippen LogP contribution in [-0.2, 0) is 6.54 Å². The standard InChI is InChI=1S/C13H15FN4O/c1-8-6-10(4-5-11(8)14)16-13-18-17-12(19-13)7-15-9-2-3-9/h4-6,9,15H,2-3,7H2,1H3,(H,16,18). The molecule has 1 aromatic heterocycles. The molecule has 0 atom stereocenters. The van der Waals surface area contributed by atoms with Crippen LogP contribution in [0.1, 0.15) is 24.3 Å². The molecule has 1 saturated carbocycles. The Hall–Kier alpha value is -1.95. The summed E-state index contributed by atoms with van der Waals surface area (Å²) < 4.78 is 18.6. The highest BCUT2D eigenvalue weighted by Gasteiger charge is 2.21. The maximum absolute atomic E-state index is 13.1. The monoisotopic (exact) mass is 262 g/mol. The summed E-state index contributed by atoms with van der Waals surface area (Å²) in [5.74, 6) is 0.318. The number of nitrogens with zero attached hydrogens (tertiary/aromatic N) is 2. The van der Waals surface area contributed by atoms with E-state index in [0.29, 0.717) is 30.1 Å². The zero-order valence-corrected chi connectivity index (χ0v) is 10.6. The number of halogens is 1. The van der Waals surface area contributed by atoms with Gasteiger partial charge in [0.25, 0.3) is 0 Å². The maximum atomic E-state index is 13.1. The Balaban J connectivity index is 1.63. The van der Waals surface area contributed by atoms with Gasteiger partial charge in [-0.05, 0) is 43.5 Å². The second-order valence-corrected chi connectivity index (χ2v) is 4.75. The molecule has 0 amide bonds. The van der Waals surface area contributed by atoms with Crippen LogP contribution < -0.4 is 10.6 Å². The quantitative estimate of drug-likeness (QED) is 0.867. The number of anilines is 2. The van der Waals surface area contributed by atoms with Gasteiger partial charge in [-0.3, -0.25) is 0 Å². The van der Waals surface area contributed by atoms with Crippen molar-refractivity contribution in [1.29, 1.82) is 0 Å². The minimum Gasteiger partial charge on any atom is -0.406 e. The van der Waals surface area contributed by atoms with Crippen LogP contribution in [0.15, 0.2) is 22.6 Å². The fraction of sp³-hybridized carbons (Fsp3) is 0.385. The summed E-state index contributed by atoms with van der Waals surface area (Å²) in [7, 11) is 0. The van der Waals surface area contributed by atoms with Gasteiger partial charge in [-0.15, -0.1) is 5.10 Å². The summed E-state index contributed by atoms with van der Waals surface area (Å²) in [6.07, 6.45) is 2.43. The summed E-state index contributed by atoms with van der Waals surface area (Å²) in [5, 5.41) is 14.1. The summed E-state index contributed by atoms with van der Waals surface area (Å²) >= 11 is 0. The summed E-state index contributed by atoms with van der Waals surface area (Å²) in [5.41, 5.74) is 1.30. The lowest BCUT2D eigenvalue weighted by Crippen LogP contribution is -2.15. The first-order valence-corrected chi connectivity index (χ1v) is 6.29. The molecule has 0 radical (unpaired) electrons. The van der Waals surface area contributed by atoms with Gasteiger partial charge in [0.2, 0.25) is 5.89 Å². The lowest BCUT2D eigenvalue weighted by atomic mass is 10.2. The third kappa shape index (κ3) is 3.08. The molecule has 1 heterocycles. The molecule has 0 aliphatic heterocycles. The van der Waals surface area contributed by atoms with Crippen molar-refractivity contribution in [2.24, 2.45) is 0 Å². The molecular weight excluding hydrogens is 247 g/mol. The van der Waals surface area contributed by atoms with Gasteiger partial charge in [0, 0.05) is 11.7 Å². The molecule has 0 bridgehead atoms. The molecule has 0 spiro atoms. The lowest BCUT2D eigenvalue weighted by molar-refractivity contribution is 0.478. The predicted octanol–water partition coefficient (Wildman–Crippen LogP) is 2.51. The van der Waals surface area contributed by atoms with Gasteiger partial charge in [-0.25, -0.2) is 4.39 Å². The molecule has 6 heteroatoms. The highest BCUT2D eigenvalue weighted by molar-refractivity contribution is 5.53. The van der Waals surface area contributed by atoms with Gasteiger partial charge < -0.3 is 15.1 Å². The van der Waals surface area contributed by atoms with Crippen molar-refractivity contribution in [3.63, 3.8) is 0 Å². The minimum absolute atomic E-state index is 0.231. The van der Waals surface area contributed by atoms with Gasteiger partial charge in [-0.1, -0.05) is 5.10 Å². The van der Waals surface area contributed by atoms with Crippen molar-refractivity contribution in [3.05, 3.63) is 35.5 Å². The molecule has 3 rings (SSSR count). The van der Waals surface area contributed by atoms with Crippen LogP contribution in [0.4, 0.5) is 16.1 Å².